The molecule has 0 aliphatic carbocycles. The first-order chi connectivity index (χ1) is 12.7. The highest BCUT2D eigenvalue weighted by atomic mass is 32.2. The first-order valence-electron chi connectivity index (χ1n) is 8.39. The Bertz CT molecular complexity index is 1090. The Labute approximate surface area is 155 Å². The quantitative estimate of drug-likeness (QED) is 0.645. The average Bonchev–Trinajstić information content (AvgIpc) is 3.22. The van der Waals surface area contributed by atoms with Crippen LogP contribution in [0.4, 0.5) is 11.4 Å². The zero-order valence-electron chi connectivity index (χ0n) is 13.8. The molecule has 3 aromatic carbocycles. The molecule has 2 aliphatic heterocycles. The highest BCUT2D eigenvalue weighted by Gasteiger charge is 2.36. The number of anilines is 2. The van der Waals surface area contributed by atoms with E-state index in [9.17, 15) is 4.79 Å². The van der Waals surface area contributed by atoms with E-state index in [1.54, 1.807) is 11.8 Å². The number of amides is 1. The zero-order chi connectivity index (χ0) is 17.7. The summed E-state index contributed by atoms with van der Waals surface area (Å²) in [5, 5.41) is 15.0. The number of amidine groups is 1. The maximum atomic E-state index is 12.8. The van der Waals surface area contributed by atoms with Crippen LogP contribution in [-0.2, 0) is 4.79 Å². The van der Waals surface area contributed by atoms with Crippen LogP contribution >= 0.6 is 11.8 Å². The minimum absolute atomic E-state index is 0.0628. The predicted octanol–water partition coefficient (Wildman–Crippen LogP) is 4.98. The van der Waals surface area contributed by atoms with Gasteiger partial charge in [-0.15, -0.1) is 0 Å². The molecule has 1 saturated heterocycles. The molecule has 1 amide bonds. The monoisotopic (exact) mass is 357 g/mol. The Morgan fingerprint density at radius 1 is 0.962 bits per heavy atom. The van der Waals surface area contributed by atoms with Gasteiger partial charge in [0.2, 0.25) is 5.91 Å². The number of hydrogen-bond acceptors (Lipinski definition) is 4. The van der Waals surface area contributed by atoms with E-state index in [4.69, 9.17) is 5.41 Å². The lowest BCUT2D eigenvalue weighted by Gasteiger charge is -2.18. The van der Waals surface area contributed by atoms with Crippen molar-refractivity contribution in [3.8, 4) is 0 Å². The van der Waals surface area contributed by atoms with Crippen molar-refractivity contribution in [1.82, 2.24) is 0 Å². The van der Waals surface area contributed by atoms with Crippen molar-refractivity contribution < 1.29 is 4.79 Å². The van der Waals surface area contributed by atoms with Gasteiger partial charge >= 0.3 is 0 Å². The predicted molar refractivity (Wildman–Crippen MR) is 107 cm³/mol. The molecule has 1 fully saturated rings. The average molecular weight is 357 g/mol. The molecule has 0 unspecified atom stereocenters. The maximum absolute atomic E-state index is 12.8. The number of nitrogens with zero attached hydrogens (tertiary/aromatic N) is 1. The van der Waals surface area contributed by atoms with Crippen LogP contribution in [0, 0.1) is 5.41 Å². The Hall–Kier alpha value is -3.05. The second-order valence-electron chi connectivity index (χ2n) is 6.28. The van der Waals surface area contributed by atoms with Gasteiger partial charge < -0.3 is 5.32 Å². The summed E-state index contributed by atoms with van der Waals surface area (Å²) in [5.74, 6) is 0.196. The fourth-order valence-corrected chi connectivity index (χ4v) is 4.52. The molecule has 2 N–H and O–H groups in total. The summed E-state index contributed by atoms with van der Waals surface area (Å²) in [6.07, 6.45) is 0.241. The van der Waals surface area contributed by atoms with Gasteiger partial charge in [-0.1, -0.05) is 60.3 Å². The second-order valence-corrected chi connectivity index (χ2v) is 7.34. The molecule has 2 heterocycles. The van der Waals surface area contributed by atoms with Gasteiger partial charge in [0.05, 0.1) is 22.8 Å². The van der Waals surface area contributed by atoms with Crippen LogP contribution in [0.3, 0.4) is 0 Å². The standard InChI is InChI=1S/C21H15N3OS/c22-20-15(21-23-16-9-3-4-11-18(16)26-21)12-19(25)24(20)17-10-5-7-13-6-1-2-8-14(13)17/h1-11,22-23H,12H2/b21-15+,22-20?. The number of rotatable bonds is 1. The van der Waals surface area contributed by atoms with E-state index in [1.165, 1.54) is 4.90 Å². The third kappa shape index (κ3) is 2.24. The van der Waals surface area contributed by atoms with E-state index in [2.05, 4.69) is 5.32 Å². The number of fused-ring (bicyclic) bond motifs is 2. The smallest absolute Gasteiger partial charge is 0.237 e. The fourth-order valence-electron chi connectivity index (χ4n) is 3.47. The van der Waals surface area contributed by atoms with Gasteiger partial charge in [-0.3, -0.25) is 15.1 Å². The third-order valence-corrected chi connectivity index (χ3v) is 5.84. The molecule has 0 spiro atoms. The topological polar surface area (TPSA) is 56.2 Å². The molecule has 5 rings (SSSR count). The Morgan fingerprint density at radius 2 is 1.73 bits per heavy atom. The van der Waals surface area contributed by atoms with Crippen molar-refractivity contribution in [2.24, 2.45) is 0 Å². The van der Waals surface area contributed by atoms with Crippen LogP contribution in [0.25, 0.3) is 10.8 Å². The van der Waals surface area contributed by atoms with Crippen LogP contribution in [0.2, 0.25) is 0 Å². The summed E-state index contributed by atoms with van der Waals surface area (Å²) in [5.41, 5.74) is 2.56. The maximum Gasteiger partial charge on any atom is 0.237 e. The van der Waals surface area contributed by atoms with Gasteiger partial charge in [0.1, 0.15) is 5.84 Å². The number of thioether (sulfide) groups is 1. The Balaban J connectivity index is 1.58. The first-order valence-corrected chi connectivity index (χ1v) is 9.21. The van der Waals surface area contributed by atoms with Crippen LogP contribution in [0.15, 0.2) is 82.2 Å². The third-order valence-electron chi connectivity index (χ3n) is 4.72. The van der Waals surface area contributed by atoms with E-state index in [1.807, 2.05) is 66.7 Å². The SMILES string of the molecule is N=C1/C(=C2\Nc3ccccc3S2)CC(=O)N1c1cccc2ccccc12. The van der Waals surface area contributed by atoms with Crippen LogP contribution in [0.1, 0.15) is 6.42 Å². The molecule has 0 saturated carbocycles. The first kappa shape index (κ1) is 15.2. The van der Waals surface area contributed by atoms with E-state index < -0.39 is 0 Å². The van der Waals surface area contributed by atoms with Crippen molar-refractivity contribution >= 4 is 45.7 Å². The number of nitrogens with one attached hydrogen (secondary N) is 2. The Morgan fingerprint density at radius 3 is 2.62 bits per heavy atom. The molecule has 26 heavy (non-hydrogen) atoms. The highest BCUT2D eigenvalue weighted by molar-refractivity contribution is 8.03. The lowest BCUT2D eigenvalue weighted by atomic mass is 10.1. The van der Waals surface area contributed by atoms with Gasteiger partial charge in [0.25, 0.3) is 0 Å². The number of benzene rings is 3. The summed E-state index contributed by atoms with van der Waals surface area (Å²) in [6, 6.07) is 21.8. The van der Waals surface area contributed by atoms with Crippen molar-refractivity contribution in [3.05, 3.63) is 77.3 Å². The number of para-hydroxylation sites is 1. The molecule has 126 valence electrons. The lowest BCUT2D eigenvalue weighted by molar-refractivity contribution is -0.116. The summed E-state index contributed by atoms with van der Waals surface area (Å²) < 4.78 is 0. The molecule has 4 nitrogen and oxygen atoms in total. The molecule has 5 heteroatoms. The minimum Gasteiger partial charge on any atom is -0.349 e. The molecular weight excluding hydrogens is 342 g/mol. The molecule has 0 radical (unpaired) electrons. The van der Waals surface area contributed by atoms with Crippen molar-refractivity contribution in [1.29, 1.82) is 5.41 Å². The van der Waals surface area contributed by atoms with Gasteiger partial charge in [0, 0.05) is 15.9 Å². The van der Waals surface area contributed by atoms with E-state index in [0.29, 0.717) is 0 Å². The number of carbonyl (C=O) groups is 1. The number of carbonyl (C=O) groups excluding carboxylic acids is 1. The van der Waals surface area contributed by atoms with Gasteiger partial charge in [0.15, 0.2) is 0 Å². The molecular formula is C21H15N3OS. The van der Waals surface area contributed by atoms with Gasteiger partial charge in [-0.05, 0) is 23.6 Å². The van der Waals surface area contributed by atoms with Crippen molar-refractivity contribution in [2.75, 3.05) is 10.2 Å². The van der Waals surface area contributed by atoms with E-state index in [-0.39, 0.29) is 18.2 Å². The van der Waals surface area contributed by atoms with Gasteiger partial charge in [-0.2, -0.15) is 0 Å². The van der Waals surface area contributed by atoms with Crippen LogP contribution in [-0.4, -0.2) is 11.7 Å². The second kappa shape index (κ2) is 5.75. The molecule has 3 aromatic rings. The molecule has 0 bridgehead atoms. The number of hydrogen-bond donors (Lipinski definition) is 2. The normalized spacial score (nSPS) is 19.2. The fraction of sp³-hybridized carbons (Fsp3) is 0.0476. The lowest BCUT2D eigenvalue weighted by Crippen LogP contribution is -2.28. The highest BCUT2D eigenvalue weighted by Crippen LogP contribution is 2.44. The van der Waals surface area contributed by atoms with Crippen molar-refractivity contribution in [3.63, 3.8) is 0 Å². The van der Waals surface area contributed by atoms with E-state index >= 15 is 0 Å². The molecule has 0 atom stereocenters. The summed E-state index contributed by atoms with van der Waals surface area (Å²) in [7, 11) is 0. The van der Waals surface area contributed by atoms with Crippen LogP contribution < -0.4 is 10.2 Å². The van der Waals surface area contributed by atoms with Gasteiger partial charge in [-0.25, -0.2) is 0 Å². The largest absolute Gasteiger partial charge is 0.349 e. The minimum atomic E-state index is -0.0628. The molecule has 0 aromatic heterocycles. The van der Waals surface area contributed by atoms with E-state index in [0.717, 1.165) is 37.6 Å². The van der Waals surface area contributed by atoms with Crippen molar-refractivity contribution in [2.45, 2.75) is 11.3 Å². The summed E-state index contributed by atoms with van der Waals surface area (Å²) in [6.45, 7) is 0. The summed E-state index contributed by atoms with van der Waals surface area (Å²) in [4.78, 5) is 15.4. The Kier molecular flexibility index (Phi) is 3.36. The summed E-state index contributed by atoms with van der Waals surface area (Å²) >= 11 is 1.59. The van der Waals surface area contributed by atoms with Crippen LogP contribution in [0.5, 0.6) is 0 Å². The molecule has 2 aliphatic rings. The zero-order valence-corrected chi connectivity index (χ0v) is 14.6.